The summed E-state index contributed by atoms with van der Waals surface area (Å²) in [5.41, 5.74) is 7.51. The van der Waals surface area contributed by atoms with Crippen LogP contribution < -0.4 is 0 Å². The van der Waals surface area contributed by atoms with Crippen molar-refractivity contribution in [2.75, 3.05) is 0 Å². The summed E-state index contributed by atoms with van der Waals surface area (Å²) in [6.07, 6.45) is 2.07. The number of aliphatic hydroxyl groups excluding tert-OH is 1. The van der Waals surface area contributed by atoms with E-state index in [0.717, 1.165) is 17.5 Å². The van der Waals surface area contributed by atoms with Crippen molar-refractivity contribution in [1.29, 1.82) is 0 Å². The van der Waals surface area contributed by atoms with Crippen LogP contribution in [-0.2, 0) is 13.2 Å². The summed E-state index contributed by atoms with van der Waals surface area (Å²) < 4.78 is 2.24. The van der Waals surface area contributed by atoms with Crippen molar-refractivity contribution in [2.45, 2.75) is 33.9 Å². The molecule has 0 aliphatic heterocycles. The Hall–Kier alpha value is -2.06. The molecule has 1 aromatic heterocycles. The number of rotatable bonds is 3. The topological polar surface area (TPSA) is 25.2 Å². The smallest absolute Gasteiger partial charge is 0.0702 e. The molecule has 0 spiro atoms. The van der Waals surface area contributed by atoms with Gasteiger partial charge in [-0.1, -0.05) is 35.9 Å². The molecule has 1 heterocycles. The number of fused-ring (bicyclic) bond motifs is 1. The molecule has 0 atom stereocenters. The Balaban J connectivity index is 2.11. The third-order valence-electron chi connectivity index (χ3n) is 4.21. The van der Waals surface area contributed by atoms with E-state index in [1.54, 1.807) is 0 Å². The fraction of sp³-hybridized carbons (Fsp3) is 0.263. The summed E-state index contributed by atoms with van der Waals surface area (Å²) in [6, 6.07) is 12.7. The first-order valence-electron chi connectivity index (χ1n) is 7.34. The number of benzene rings is 2. The standard InChI is InChI=1S/C19H21NO/c1-13-8-14(2)18(15(3)9-13)11-20-10-16(12-21)17-6-4-5-7-19(17)20/h4-10,21H,11-12H2,1-3H3. The molecule has 21 heavy (non-hydrogen) atoms. The molecule has 0 bridgehead atoms. The van der Waals surface area contributed by atoms with Crippen molar-refractivity contribution in [3.05, 3.63) is 70.4 Å². The van der Waals surface area contributed by atoms with Gasteiger partial charge in [0.25, 0.3) is 0 Å². The fourth-order valence-corrected chi connectivity index (χ4v) is 3.21. The molecule has 0 fully saturated rings. The van der Waals surface area contributed by atoms with Crippen molar-refractivity contribution in [1.82, 2.24) is 4.57 Å². The highest BCUT2D eigenvalue weighted by molar-refractivity contribution is 5.84. The molecule has 3 rings (SSSR count). The van der Waals surface area contributed by atoms with Crippen molar-refractivity contribution >= 4 is 10.9 Å². The Kier molecular flexibility index (Phi) is 3.56. The van der Waals surface area contributed by atoms with E-state index in [-0.39, 0.29) is 6.61 Å². The molecule has 2 nitrogen and oxygen atoms in total. The van der Waals surface area contributed by atoms with Gasteiger partial charge < -0.3 is 9.67 Å². The van der Waals surface area contributed by atoms with Gasteiger partial charge in [-0.3, -0.25) is 0 Å². The molecule has 0 radical (unpaired) electrons. The van der Waals surface area contributed by atoms with Crippen LogP contribution in [-0.4, -0.2) is 9.67 Å². The first-order chi connectivity index (χ1) is 10.1. The summed E-state index contributed by atoms with van der Waals surface area (Å²) in [7, 11) is 0. The van der Waals surface area contributed by atoms with E-state index in [1.807, 2.05) is 6.07 Å². The van der Waals surface area contributed by atoms with Crippen LogP contribution in [0.15, 0.2) is 42.6 Å². The van der Waals surface area contributed by atoms with E-state index in [9.17, 15) is 5.11 Å². The first kappa shape index (κ1) is 13.9. The van der Waals surface area contributed by atoms with Crippen LogP contribution in [0.1, 0.15) is 27.8 Å². The van der Waals surface area contributed by atoms with Gasteiger partial charge in [-0.05, 0) is 43.5 Å². The lowest BCUT2D eigenvalue weighted by Crippen LogP contribution is -2.03. The van der Waals surface area contributed by atoms with Crippen molar-refractivity contribution < 1.29 is 5.11 Å². The molecule has 3 aromatic rings. The second-order valence-corrected chi connectivity index (χ2v) is 5.83. The number of para-hydroxylation sites is 1. The van der Waals surface area contributed by atoms with E-state index >= 15 is 0 Å². The average molecular weight is 279 g/mol. The Morgan fingerprint density at radius 2 is 1.67 bits per heavy atom. The lowest BCUT2D eigenvalue weighted by Gasteiger charge is -2.13. The van der Waals surface area contributed by atoms with E-state index in [4.69, 9.17) is 0 Å². The number of hydrogen-bond acceptors (Lipinski definition) is 1. The molecule has 0 saturated carbocycles. The van der Waals surface area contributed by atoms with Crippen LogP contribution in [0, 0.1) is 20.8 Å². The highest BCUT2D eigenvalue weighted by Crippen LogP contribution is 2.24. The molecule has 0 saturated heterocycles. The molecule has 0 aliphatic rings. The predicted octanol–water partition coefficient (Wildman–Crippen LogP) is 4.11. The van der Waals surface area contributed by atoms with Gasteiger partial charge in [0.2, 0.25) is 0 Å². The molecule has 0 amide bonds. The Labute approximate surface area is 125 Å². The monoisotopic (exact) mass is 279 g/mol. The van der Waals surface area contributed by atoms with Crippen LogP contribution in [0.25, 0.3) is 10.9 Å². The minimum absolute atomic E-state index is 0.0827. The molecular weight excluding hydrogens is 258 g/mol. The first-order valence-corrected chi connectivity index (χ1v) is 7.34. The molecule has 2 aromatic carbocycles. The fourth-order valence-electron chi connectivity index (χ4n) is 3.21. The predicted molar refractivity (Wildman–Crippen MR) is 87.6 cm³/mol. The zero-order valence-electron chi connectivity index (χ0n) is 12.9. The number of aliphatic hydroxyl groups is 1. The Morgan fingerprint density at radius 3 is 2.33 bits per heavy atom. The van der Waals surface area contributed by atoms with Crippen molar-refractivity contribution in [3.63, 3.8) is 0 Å². The highest BCUT2D eigenvalue weighted by atomic mass is 16.3. The van der Waals surface area contributed by atoms with Crippen LogP contribution >= 0.6 is 0 Å². The number of nitrogens with zero attached hydrogens (tertiary/aromatic N) is 1. The maximum atomic E-state index is 9.55. The average Bonchev–Trinajstić information content (AvgIpc) is 2.81. The Morgan fingerprint density at radius 1 is 1.00 bits per heavy atom. The lowest BCUT2D eigenvalue weighted by atomic mass is 10.00. The summed E-state index contributed by atoms with van der Waals surface area (Å²) in [5, 5.41) is 10.7. The second kappa shape index (κ2) is 5.38. The molecule has 2 heteroatoms. The molecule has 0 aliphatic carbocycles. The summed E-state index contributed by atoms with van der Waals surface area (Å²) in [5.74, 6) is 0. The minimum Gasteiger partial charge on any atom is -0.392 e. The summed E-state index contributed by atoms with van der Waals surface area (Å²) in [4.78, 5) is 0. The van der Waals surface area contributed by atoms with Crippen LogP contribution in [0.4, 0.5) is 0 Å². The Bertz CT molecular complexity index is 775. The quantitative estimate of drug-likeness (QED) is 0.767. The van der Waals surface area contributed by atoms with Gasteiger partial charge in [-0.2, -0.15) is 0 Å². The number of hydrogen-bond donors (Lipinski definition) is 1. The van der Waals surface area contributed by atoms with Crippen LogP contribution in [0.3, 0.4) is 0 Å². The van der Waals surface area contributed by atoms with E-state index < -0.39 is 0 Å². The van der Waals surface area contributed by atoms with Gasteiger partial charge in [0.15, 0.2) is 0 Å². The zero-order valence-corrected chi connectivity index (χ0v) is 12.9. The minimum atomic E-state index is 0.0827. The van der Waals surface area contributed by atoms with Crippen molar-refractivity contribution in [3.8, 4) is 0 Å². The van der Waals surface area contributed by atoms with Crippen LogP contribution in [0.5, 0.6) is 0 Å². The maximum Gasteiger partial charge on any atom is 0.0702 e. The normalized spacial score (nSPS) is 11.2. The van der Waals surface area contributed by atoms with E-state index in [0.29, 0.717) is 0 Å². The zero-order chi connectivity index (χ0) is 15.0. The van der Waals surface area contributed by atoms with Gasteiger partial charge in [-0.25, -0.2) is 0 Å². The summed E-state index contributed by atoms with van der Waals surface area (Å²) >= 11 is 0. The van der Waals surface area contributed by atoms with E-state index in [1.165, 1.54) is 27.8 Å². The van der Waals surface area contributed by atoms with Gasteiger partial charge in [-0.15, -0.1) is 0 Å². The maximum absolute atomic E-state index is 9.55. The molecular formula is C19H21NO. The number of aromatic nitrogens is 1. The molecule has 1 N–H and O–H groups in total. The molecule has 0 unspecified atom stereocenters. The second-order valence-electron chi connectivity index (χ2n) is 5.83. The number of aryl methyl sites for hydroxylation is 3. The van der Waals surface area contributed by atoms with Gasteiger partial charge in [0, 0.05) is 29.2 Å². The third kappa shape index (κ3) is 2.47. The van der Waals surface area contributed by atoms with Crippen LogP contribution in [0.2, 0.25) is 0 Å². The largest absolute Gasteiger partial charge is 0.392 e. The van der Waals surface area contributed by atoms with Gasteiger partial charge in [0.05, 0.1) is 6.61 Å². The SMILES string of the molecule is Cc1cc(C)c(Cn2cc(CO)c3ccccc32)c(C)c1. The third-order valence-corrected chi connectivity index (χ3v) is 4.21. The van der Waals surface area contributed by atoms with Gasteiger partial charge in [0.1, 0.15) is 0 Å². The van der Waals surface area contributed by atoms with E-state index in [2.05, 4.69) is 61.9 Å². The van der Waals surface area contributed by atoms with Crippen molar-refractivity contribution in [2.24, 2.45) is 0 Å². The molecule has 108 valence electrons. The van der Waals surface area contributed by atoms with Gasteiger partial charge >= 0.3 is 0 Å². The highest BCUT2D eigenvalue weighted by Gasteiger charge is 2.10. The lowest BCUT2D eigenvalue weighted by molar-refractivity contribution is 0.283. The summed E-state index contributed by atoms with van der Waals surface area (Å²) in [6.45, 7) is 7.42.